The first-order valence-corrected chi connectivity index (χ1v) is 4.85. The lowest BCUT2D eigenvalue weighted by Gasteiger charge is -2.06. The normalized spacial score (nSPS) is 10.4. The van der Waals surface area contributed by atoms with E-state index in [0.717, 1.165) is 11.3 Å². The van der Waals surface area contributed by atoms with Crippen molar-refractivity contribution in [3.8, 4) is 5.75 Å². The van der Waals surface area contributed by atoms with Gasteiger partial charge in [0.15, 0.2) is 0 Å². The first-order chi connectivity index (χ1) is 6.81. The molecule has 0 saturated heterocycles. The fourth-order valence-corrected chi connectivity index (χ4v) is 1.63. The van der Waals surface area contributed by atoms with Gasteiger partial charge in [-0.3, -0.25) is 0 Å². The van der Waals surface area contributed by atoms with Gasteiger partial charge in [0.2, 0.25) is 0 Å². The zero-order chi connectivity index (χ0) is 9.97. The third kappa shape index (κ3) is 1.58. The summed E-state index contributed by atoms with van der Waals surface area (Å²) in [5.74, 6) is 0.837. The number of rotatable bonds is 2. The molecule has 2 aromatic carbocycles. The topological polar surface area (TPSA) is 9.23 Å². The molecule has 2 rings (SSSR count). The lowest BCUT2D eigenvalue weighted by molar-refractivity contribution is 0.340. The molecule has 14 heavy (non-hydrogen) atoms. The molecule has 0 spiro atoms. The van der Waals surface area contributed by atoms with Crippen molar-refractivity contribution in [3.05, 3.63) is 42.0 Å². The van der Waals surface area contributed by atoms with Crippen LogP contribution in [-0.2, 0) is 0 Å². The summed E-state index contributed by atoms with van der Waals surface area (Å²) >= 11 is 0. The van der Waals surface area contributed by atoms with E-state index in [0.29, 0.717) is 6.61 Å². The Morgan fingerprint density at radius 2 is 2.07 bits per heavy atom. The molecule has 0 atom stereocenters. The zero-order valence-electron chi connectivity index (χ0n) is 8.50. The monoisotopic (exact) mass is 185 g/mol. The Morgan fingerprint density at radius 3 is 2.86 bits per heavy atom. The van der Waals surface area contributed by atoms with Crippen molar-refractivity contribution >= 4 is 10.8 Å². The zero-order valence-corrected chi connectivity index (χ0v) is 8.50. The van der Waals surface area contributed by atoms with Crippen LogP contribution < -0.4 is 4.74 Å². The minimum Gasteiger partial charge on any atom is -0.493 e. The van der Waals surface area contributed by atoms with Crippen molar-refractivity contribution in [1.29, 1.82) is 0 Å². The summed E-state index contributed by atoms with van der Waals surface area (Å²) in [6.45, 7) is 4.73. The van der Waals surface area contributed by atoms with Crippen molar-refractivity contribution in [2.75, 3.05) is 6.61 Å². The van der Waals surface area contributed by atoms with E-state index in [1.165, 1.54) is 10.8 Å². The molecule has 0 unspecified atom stereocenters. The highest BCUT2D eigenvalue weighted by Crippen LogP contribution is 2.23. The van der Waals surface area contributed by atoms with Gasteiger partial charge < -0.3 is 4.74 Å². The van der Waals surface area contributed by atoms with Gasteiger partial charge in [-0.2, -0.15) is 0 Å². The van der Waals surface area contributed by atoms with Crippen LogP contribution in [0.25, 0.3) is 10.8 Å². The fraction of sp³-hybridized carbons (Fsp3) is 0.231. The van der Waals surface area contributed by atoms with E-state index in [1.807, 2.05) is 25.1 Å². The van der Waals surface area contributed by atoms with E-state index in [9.17, 15) is 0 Å². The van der Waals surface area contributed by atoms with Crippen LogP contribution in [0.5, 0.6) is 5.75 Å². The van der Waals surface area contributed by atoms with Crippen LogP contribution in [0.15, 0.2) is 30.3 Å². The highest BCUT2D eigenvalue weighted by Gasteiger charge is 2.00. The summed E-state index contributed by atoms with van der Waals surface area (Å²) in [5.41, 5.74) is 1.14. The van der Waals surface area contributed by atoms with Crippen LogP contribution in [0.1, 0.15) is 12.5 Å². The predicted octanol–water partition coefficient (Wildman–Crippen LogP) is 3.35. The summed E-state index contributed by atoms with van der Waals surface area (Å²) in [7, 11) is 0. The van der Waals surface area contributed by atoms with E-state index in [4.69, 9.17) is 4.74 Å². The van der Waals surface area contributed by atoms with E-state index >= 15 is 0 Å². The molecule has 0 aliphatic rings. The van der Waals surface area contributed by atoms with Crippen molar-refractivity contribution in [2.24, 2.45) is 0 Å². The molecule has 0 saturated carbocycles. The van der Waals surface area contributed by atoms with Gasteiger partial charge in [0.1, 0.15) is 5.75 Å². The van der Waals surface area contributed by atoms with Crippen LogP contribution in [0.3, 0.4) is 0 Å². The van der Waals surface area contributed by atoms with Gasteiger partial charge in [-0.25, -0.2) is 0 Å². The lowest BCUT2D eigenvalue weighted by Crippen LogP contribution is -1.92. The van der Waals surface area contributed by atoms with Gasteiger partial charge in [-0.15, -0.1) is 0 Å². The molecule has 0 aliphatic carbocycles. The molecule has 0 fully saturated rings. The third-order valence-electron chi connectivity index (χ3n) is 2.26. The molecule has 0 aromatic heterocycles. The first-order valence-electron chi connectivity index (χ1n) is 4.85. The molecule has 0 aliphatic heterocycles. The Hall–Kier alpha value is -1.50. The summed E-state index contributed by atoms with van der Waals surface area (Å²) < 4.78 is 5.44. The number of fused-ring (bicyclic) bond motifs is 1. The van der Waals surface area contributed by atoms with Gasteiger partial charge in [0.25, 0.3) is 0 Å². The Morgan fingerprint density at radius 1 is 1.29 bits per heavy atom. The molecule has 71 valence electrons. The van der Waals surface area contributed by atoms with Crippen molar-refractivity contribution in [1.82, 2.24) is 0 Å². The average Bonchev–Trinajstić information content (AvgIpc) is 2.18. The van der Waals surface area contributed by atoms with Crippen LogP contribution in [0.2, 0.25) is 0 Å². The Bertz CT molecular complexity index is 446. The van der Waals surface area contributed by atoms with Crippen molar-refractivity contribution in [3.63, 3.8) is 0 Å². The standard InChI is InChI=1S/C13H13O/c1-3-14-12-8-10(2)13-7-5-4-6-11(13)9-12/h4-7,9H,3H2,1-2H3. The number of ether oxygens (including phenoxy) is 1. The molecule has 1 radical (unpaired) electrons. The van der Waals surface area contributed by atoms with Crippen LogP contribution in [-0.4, -0.2) is 6.61 Å². The number of hydrogen-bond donors (Lipinski definition) is 0. The summed E-state index contributed by atoms with van der Waals surface area (Å²) in [6.07, 6.45) is 0. The second-order valence-corrected chi connectivity index (χ2v) is 3.28. The van der Waals surface area contributed by atoms with Crippen LogP contribution in [0, 0.1) is 13.0 Å². The van der Waals surface area contributed by atoms with Gasteiger partial charge in [0.05, 0.1) is 6.61 Å². The molecule has 0 N–H and O–H groups in total. The maximum absolute atomic E-state index is 5.44. The number of hydrogen-bond acceptors (Lipinski definition) is 1. The average molecular weight is 185 g/mol. The minimum absolute atomic E-state index is 0.689. The summed E-state index contributed by atoms with van der Waals surface area (Å²) in [6, 6.07) is 13.6. The van der Waals surface area contributed by atoms with Crippen LogP contribution in [0.4, 0.5) is 0 Å². The van der Waals surface area contributed by atoms with Crippen LogP contribution >= 0.6 is 0 Å². The number of aryl methyl sites for hydroxylation is 1. The Kier molecular flexibility index (Phi) is 2.40. The quantitative estimate of drug-likeness (QED) is 0.697. The molecule has 0 heterocycles. The number of benzene rings is 2. The Balaban J connectivity index is 2.60. The van der Waals surface area contributed by atoms with Gasteiger partial charge in [-0.05, 0) is 36.2 Å². The Labute approximate surface area is 84.3 Å². The largest absolute Gasteiger partial charge is 0.493 e. The lowest BCUT2D eigenvalue weighted by atomic mass is 10.1. The highest BCUT2D eigenvalue weighted by molar-refractivity contribution is 5.86. The van der Waals surface area contributed by atoms with Gasteiger partial charge in [0, 0.05) is 6.07 Å². The van der Waals surface area contributed by atoms with Crippen molar-refractivity contribution < 1.29 is 4.74 Å². The molecule has 2 aromatic rings. The second kappa shape index (κ2) is 3.70. The second-order valence-electron chi connectivity index (χ2n) is 3.28. The maximum Gasteiger partial charge on any atom is 0.128 e. The molecule has 1 heteroatoms. The fourth-order valence-electron chi connectivity index (χ4n) is 1.63. The first kappa shape index (κ1) is 9.07. The van der Waals surface area contributed by atoms with E-state index in [2.05, 4.69) is 25.1 Å². The molecule has 0 amide bonds. The molecule has 1 nitrogen and oxygen atoms in total. The maximum atomic E-state index is 5.44. The molecule has 0 bridgehead atoms. The van der Waals surface area contributed by atoms with Crippen molar-refractivity contribution in [2.45, 2.75) is 13.8 Å². The molecular weight excluding hydrogens is 172 g/mol. The smallest absolute Gasteiger partial charge is 0.128 e. The summed E-state index contributed by atoms with van der Waals surface area (Å²) in [5, 5.41) is 2.46. The predicted molar refractivity (Wildman–Crippen MR) is 58.7 cm³/mol. The summed E-state index contributed by atoms with van der Waals surface area (Å²) in [4.78, 5) is 0. The van der Waals surface area contributed by atoms with E-state index in [-0.39, 0.29) is 0 Å². The minimum atomic E-state index is 0.689. The SMILES string of the molecule is CCOc1[c]c(C)c2ccccc2c1. The van der Waals surface area contributed by atoms with Gasteiger partial charge >= 0.3 is 0 Å². The van der Waals surface area contributed by atoms with E-state index < -0.39 is 0 Å². The molecular formula is C13H13O. The highest BCUT2D eigenvalue weighted by atomic mass is 16.5. The van der Waals surface area contributed by atoms with Gasteiger partial charge in [-0.1, -0.05) is 24.3 Å². The third-order valence-corrected chi connectivity index (χ3v) is 2.26. The van der Waals surface area contributed by atoms with E-state index in [1.54, 1.807) is 0 Å².